The van der Waals surface area contributed by atoms with Gasteiger partial charge in [-0.25, -0.2) is 4.79 Å². The predicted molar refractivity (Wildman–Crippen MR) is 94.9 cm³/mol. The van der Waals surface area contributed by atoms with Crippen molar-refractivity contribution in [2.45, 2.75) is 13.5 Å². The summed E-state index contributed by atoms with van der Waals surface area (Å²) in [7, 11) is 0. The first-order valence-corrected chi connectivity index (χ1v) is 7.96. The van der Waals surface area contributed by atoms with Crippen LogP contribution in [0.15, 0.2) is 51.7 Å². The average Bonchev–Trinajstić information content (AvgIpc) is 2.54. The molecule has 6 heteroatoms. The minimum Gasteiger partial charge on any atom is -0.423 e. The highest BCUT2D eigenvalue weighted by Crippen LogP contribution is 2.25. The zero-order valence-corrected chi connectivity index (χ0v) is 14.2. The van der Waals surface area contributed by atoms with Gasteiger partial charge in [-0.1, -0.05) is 29.3 Å². The molecule has 1 amide bonds. The number of hydrogen-bond donors (Lipinski definition) is 1. The van der Waals surface area contributed by atoms with E-state index in [4.69, 9.17) is 27.6 Å². The molecule has 4 nitrogen and oxygen atoms in total. The summed E-state index contributed by atoms with van der Waals surface area (Å²) in [5.41, 5.74) is 1.86. The van der Waals surface area contributed by atoms with Crippen molar-refractivity contribution < 1.29 is 9.21 Å². The summed E-state index contributed by atoms with van der Waals surface area (Å²) in [4.78, 5) is 23.9. The molecule has 0 unspecified atom stereocenters. The van der Waals surface area contributed by atoms with Crippen LogP contribution in [0.2, 0.25) is 10.0 Å². The Bertz CT molecular complexity index is 995. The molecule has 0 radical (unpaired) electrons. The monoisotopic (exact) mass is 361 g/mol. The maximum Gasteiger partial charge on any atom is 0.336 e. The fourth-order valence-electron chi connectivity index (χ4n) is 2.40. The molecule has 3 rings (SSSR count). The third-order valence-corrected chi connectivity index (χ3v) is 4.28. The molecule has 0 aliphatic rings. The summed E-state index contributed by atoms with van der Waals surface area (Å²) >= 11 is 12.0. The second kappa shape index (κ2) is 6.67. The molecule has 0 saturated heterocycles. The van der Waals surface area contributed by atoms with E-state index in [-0.39, 0.29) is 12.5 Å². The van der Waals surface area contributed by atoms with Crippen molar-refractivity contribution >= 4 is 40.1 Å². The van der Waals surface area contributed by atoms with E-state index in [0.29, 0.717) is 32.1 Å². The summed E-state index contributed by atoms with van der Waals surface area (Å²) < 4.78 is 5.20. The zero-order valence-electron chi connectivity index (χ0n) is 12.7. The van der Waals surface area contributed by atoms with Crippen LogP contribution in [0.5, 0.6) is 0 Å². The van der Waals surface area contributed by atoms with E-state index in [1.54, 1.807) is 36.4 Å². The van der Waals surface area contributed by atoms with Gasteiger partial charge >= 0.3 is 5.63 Å². The second-order valence-electron chi connectivity index (χ2n) is 5.38. The van der Waals surface area contributed by atoms with Gasteiger partial charge < -0.3 is 9.73 Å². The first-order valence-electron chi connectivity index (χ1n) is 7.20. The highest BCUT2D eigenvalue weighted by atomic mass is 35.5. The lowest BCUT2D eigenvalue weighted by Gasteiger charge is -2.09. The minimum absolute atomic E-state index is 0.173. The fourth-order valence-corrected chi connectivity index (χ4v) is 2.76. The number of hydrogen-bond acceptors (Lipinski definition) is 3. The molecule has 1 N–H and O–H groups in total. The Balaban J connectivity index is 1.91. The summed E-state index contributed by atoms with van der Waals surface area (Å²) in [5.74, 6) is -0.280. The molecule has 0 saturated carbocycles. The van der Waals surface area contributed by atoms with E-state index in [1.807, 2.05) is 6.92 Å². The third kappa shape index (κ3) is 3.45. The minimum atomic E-state index is -0.476. The maximum absolute atomic E-state index is 12.2. The van der Waals surface area contributed by atoms with E-state index in [2.05, 4.69) is 5.32 Å². The number of fused-ring (bicyclic) bond motifs is 1. The molecule has 0 bridgehead atoms. The number of carbonyl (C=O) groups is 1. The van der Waals surface area contributed by atoms with Crippen molar-refractivity contribution in [3.05, 3.63) is 79.6 Å². The summed E-state index contributed by atoms with van der Waals surface area (Å²) in [5, 5.41) is 4.52. The highest BCUT2D eigenvalue weighted by Gasteiger charge is 2.11. The number of halogens is 2. The smallest absolute Gasteiger partial charge is 0.336 e. The molecule has 1 heterocycles. The van der Waals surface area contributed by atoms with E-state index in [1.165, 1.54) is 6.07 Å². The first-order chi connectivity index (χ1) is 11.4. The molecule has 0 atom stereocenters. The second-order valence-corrected chi connectivity index (χ2v) is 6.22. The van der Waals surface area contributed by atoms with Gasteiger partial charge in [0, 0.05) is 33.6 Å². The molecule has 24 heavy (non-hydrogen) atoms. The van der Waals surface area contributed by atoms with Crippen LogP contribution in [0.1, 0.15) is 21.5 Å². The highest BCUT2D eigenvalue weighted by molar-refractivity contribution is 6.32. The lowest BCUT2D eigenvalue weighted by Crippen LogP contribution is -2.23. The Hall–Kier alpha value is -2.30. The van der Waals surface area contributed by atoms with Gasteiger partial charge in [0.05, 0.1) is 0 Å². The van der Waals surface area contributed by atoms with Crippen molar-refractivity contribution in [3.63, 3.8) is 0 Å². The molecule has 0 aliphatic heterocycles. The van der Waals surface area contributed by atoms with Gasteiger partial charge in [-0.05, 0) is 48.4 Å². The van der Waals surface area contributed by atoms with Crippen LogP contribution < -0.4 is 10.9 Å². The number of amides is 1. The molecule has 3 aromatic rings. The third-order valence-electron chi connectivity index (χ3n) is 3.64. The van der Waals surface area contributed by atoms with E-state index in [9.17, 15) is 9.59 Å². The number of rotatable bonds is 3. The largest absolute Gasteiger partial charge is 0.423 e. The molecule has 0 fully saturated rings. The molecular formula is C18H13Cl2NO3. The number of aryl methyl sites for hydroxylation is 1. The molecule has 0 aliphatic carbocycles. The number of benzene rings is 2. The van der Waals surface area contributed by atoms with Gasteiger partial charge in [0.15, 0.2) is 0 Å². The summed E-state index contributed by atoms with van der Waals surface area (Å²) in [6.45, 7) is 2.00. The van der Waals surface area contributed by atoms with Gasteiger partial charge in [0.1, 0.15) is 5.58 Å². The van der Waals surface area contributed by atoms with Crippen molar-refractivity contribution in [2.24, 2.45) is 0 Å². The van der Waals surface area contributed by atoms with Crippen molar-refractivity contribution in [1.82, 2.24) is 5.32 Å². The van der Waals surface area contributed by atoms with Gasteiger partial charge in [0.2, 0.25) is 0 Å². The fraction of sp³-hybridized carbons (Fsp3) is 0.111. The molecule has 0 spiro atoms. The van der Waals surface area contributed by atoms with E-state index >= 15 is 0 Å². The standard InChI is InChI=1S/C18H13Cl2NO3/c1-10-5-16-14(8-15(10)20)12(7-17(22)24-16)9-21-18(23)11-3-2-4-13(19)6-11/h2-8H,9H2,1H3,(H,21,23). The van der Waals surface area contributed by atoms with Crippen LogP contribution in [0.4, 0.5) is 0 Å². The van der Waals surface area contributed by atoms with E-state index in [0.717, 1.165) is 5.56 Å². The Labute approximate surface area is 148 Å². The quantitative estimate of drug-likeness (QED) is 0.706. The molecule has 1 aromatic heterocycles. The van der Waals surface area contributed by atoms with Crippen LogP contribution in [-0.4, -0.2) is 5.91 Å². The van der Waals surface area contributed by atoms with Crippen LogP contribution >= 0.6 is 23.2 Å². The molecule has 122 valence electrons. The van der Waals surface area contributed by atoms with Crippen LogP contribution in [-0.2, 0) is 6.54 Å². The Morgan fingerprint density at radius 3 is 2.71 bits per heavy atom. The van der Waals surface area contributed by atoms with Crippen LogP contribution in [0, 0.1) is 6.92 Å². The zero-order chi connectivity index (χ0) is 17.3. The Morgan fingerprint density at radius 1 is 1.17 bits per heavy atom. The van der Waals surface area contributed by atoms with Crippen LogP contribution in [0.25, 0.3) is 11.0 Å². The predicted octanol–water partition coefficient (Wildman–Crippen LogP) is 4.34. The average molecular weight is 362 g/mol. The lowest BCUT2D eigenvalue weighted by atomic mass is 10.1. The van der Waals surface area contributed by atoms with Gasteiger partial charge in [-0.15, -0.1) is 0 Å². The molecule has 2 aromatic carbocycles. The van der Waals surface area contributed by atoms with Crippen LogP contribution in [0.3, 0.4) is 0 Å². The summed E-state index contributed by atoms with van der Waals surface area (Å²) in [6.07, 6.45) is 0. The maximum atomic E-state index is 12.2. The first kappa shape index (κ1) is 16.6. The van der Waals surface area contributed by atoms with Gasteiger partial charge in [0.25, 0.3) is 5.91 Å². The Morgan fingerprint density at radius 2 is 1.96 bits per heavy atom. The summed E-state index contributed by atoms with van der Waals surface area (Å²) in [6, 6.07) is 11.4. The Kier molecular flexibility index (Phi) is 4.60. The van der Waals surface area contributed by atoms with Gasteiger partial charge in [-0.3, -0.25) is 4.79 Å². The van der Waals surface area contributed by atoms with Crippen molar-refractivity contribution in [2.75, 3.05) is 0 Å². The van der Waals surface area contributed by atoms with E-state index < -0.39 is 5.63 Å². The lowest BCUT2D eigenvalue weighted by molar-refractivity contribution is 0.0951. The van der Waals surface area contributed by atoms with Gasteiger partial charge in [-0.2, -0.15) is 0 Å². The normalized spacial score (nSPS) is 10.8. The number of carbonyl (C=O) groups excluding carboxylic acids is 1. The van der Waals surface area contributed by atoms with Crippen molar-refractivity contribution in [3.8, 4) is 0 Å². The SMILES string of the molecule is Cc1cc2oc(=O)cc(CNC(=O)c3cccc(Cl)c3)c2cc1Cl. The topological polar surface area (TPSA) is 59.3 Å². The number of nitrogens with one attached hydrogen (secondary N) is 1. The van der Waals surface area contributed by atoms with Crippen molar-refractivity contribution in [1.29, 1.82) is 0 Å². The molecular weight excluding hydrogens is 349 g/mol.